The molecule has 1 aliphatic rings. The third kappa shape index (κ3) is 5.28. The van der Waals surface area contributed by atoms with Gasteiger partial charge in [0.1, 0.15) is 16.6 Å². The van der Waals surface area contributed by atoms with Gasteiger partial charge in [-0.2, -0.15) is 0 Å². The molecule has 32 heavy (non-hydrogen) atoms. The first-order valence-electron chi connectivity index (χ1n) is 10.4. The average molecular weight is 455 g/mol. The van der Waals surface area contributed by atoms with E-state index in [0.29, 0.717) is 29.5 Å². The summed E-state index contributed by atoms with van der Waals surface area (Å²) in [5, 5.41) is 11.7. The molecule has 2 aromatic carbocycles. The number of piperidine rings is 1. The topological polar surface area (TPSA) is 84.4 Å². The summed E-state index contributed by atoms with van der Waals surface area (Å²) >= 11 is 1.20. The molecule has 0 spiro atoms. The molecule has 3 aromatic rings. The van der Waals surface area contributed by atoms with E-state index in [1.807, 2.05) is 30.3 Å². The van der Waals surface area contributed by atoms with Crippen molar-refractivity contribution < 1.29 is 18.7 Å². The number of nitrogens with one attached hydrogen (secondary N) is 1. The minimum atomic E-state index is -0.599. The van der Waals surface area contributed by atoms with E-state index in [2.05, 4.69) is 15.5 Å². The quantitative estimate of drug-likeness (QED) is 0.606. The first-order chi connectivity index (χ1) is 15.5. The Kier molecular flexibility index (Phi) is 6.75. The maximum absolute atomic E-state index is 13.3. The number of carbonyl (C=O) groups excluding carboxylic acids is 2. The Morgan fingerprint density at radius 2 is 2.00 bits per heavy atom. The largest absolute Gasteiger partial charge is 0.481 e. The van der Waals surface area contributed by atoms with E-state index in [0.717, 1.165) is 12.8 Å². The average Bonchev–Trinajstić information content (AvgIpc) is 3.30. The number of halogens is 1. The molecule has 2 heterocycles. The second kappa shape index (κ2) is 9.86. The third-order valence-corrected chi connectivity index (χ3v) is 6.29. The zero-order chi connectivity index (χ0) is 22.5. The standard InChI is InChI=1S/C23H23FN4O3S/c1-15(31-19-10-3-2-4-11-19)23(30)28-12-6-7-16(14-28)21-26-27-22(32-21)20(29)25-18-9-5-8-17(24)13-18/h2-5,8-11,13,15-16H,6-7,12,14H2,1H3,(H,25,29)/t15-,16+/m0/s1. The van der Waals surface area contributed by atoms with Crippen LogP contribution in [-0.2, 0) is 4.79 Å². The van der Waals surface area contributed by atoms with Crippen molar-refractivity contribution in [3.8, 4) is 5.75 Å². The molecule has 9 heteroatoms. The molecule has 1 saturated heterocycles. The van der Waals surface area contributed by atoms with Crippen LogP contribution >= 0.6 is 11.3 Å². The number of benzene rings is 2. The minimum absolute atomic E-state index is 0.00449. The molecule has 166 valence electrons. The summed E-state index contributed by atoms with van der Waals surface area (Å²) in [6, 6.07) is 14.9. The van der Waals surface area contributed by atoms with Crippen LogP contribution in [0.3, 0.4) is 0 Å². The highest BCUT2D eigenvalue weighted by molar-refractivity contribution is 7.13. The van der Waals surface area contributed by atoms with Crippen molar-refractivity contribution in [2.45, 2.75) is 31.8 Å². The number of hydrogen-bond acceptors (Lipinski definition) is 6. The van der Waals surface area contributed by atoms with Gasteiger partial charge in [0.05, 0.1) is 0 Å². The SMILES string of the molecule is C[C@H](Oc1ccccc1)C(=O)N1CCC[C@@H](c2nnc(C(=O)Nc3cccc(F)c3)s2)C1. The van der Waals surface area contributed by atoms with E-state index in [4.69, 9.17) is 4.74 Å². The molecule has 1 fully saturated rings. The Balaban J connectivity index is 1.37. The molecule has 0 radical (unpaired) electrons. The molecule has 0 aliphatic carbocycles. The molecule has 1 aromatic heterocycles. The number of likely N-dealkylation sites (tertiary alicyclic amines) is 1. The van der Waals surface area contributed by atoms with E-state index in [-0.39, 0.29) is 16.8 Å². The number of amides is 2. The number of para-hydroxylation sites is 1. The summed E-state index contributed by atoms with van der Waals surface area (Å²) in [6.45, 7) is 2.91. The lowest BCUT2D eigenvalue weighted by Crippen LogP contribution is -2.45. The lowest BCUT2D eigenvalue weighted by atomic mass is 9.98. The lowest BCUT2D eigenvalue weighted by molar-refractivity contribution is -0.139. The van der Waals surface area contributed by atoms with Crippen LogP contribution in [0.1, 0.15) is 40.5 Å². The second-order valence-electron chi connectivity index (χ2n) is 7.61. The van der Waals surface area contributed by atoms with Gasteiger partial charge in [-0.15, -0.1) is 10.2 Å². The van der Waals surface area contributed by atoms with Crippen LogP contribution in [0, 0.1) is 5.82 Å². The van der Waals surface area contributed by atoms with Crippen molar-refractivity contribution in [1.29, 1.82) is 0 Å². The molecule has 1 N–H and O–H groups in total. The number of ether oxygens (including phenoxy) is 1. The number of rotatable bonds is 6. The summed E-state index contributed by atoms with van der Waals surface area (Å²) < 4.78 is 19.1. The summed E-state index contributed by atoms with van der Waals surface area (Å²) in [6.07, 6.45) is 1.09. The van der Waals surface area contributed by atoms with Crippen LogP contribution in [-0.4, -0.2) is 46.1 Å². The molecule has 0 bridgehead atoms. The summed E-state index contributed by atoms with van der Waals surface area (Å²) in [5.74, 6) is -0.289. The van der Waals surface area contributed by atoms with Gasteiger partial charge >= 0.3 is 0 Å². The van der Waals surface area contributed by atoms with Crippen molar-refractivity contribution >= 4 is 28.8 Å². The third-order valence-electron chi connectivity index (χ3n) is 5.20. The van der Waals surface area contributed by atoms with E-state index in [9.17, 15) is 14.0 Å². The first kappa shape index (κ1) is 21.9. The molecule has 1 aliphatic heterocycles. The normalized spacial score (nSPS) is 16.9. The molecule has 4 rings (SSSR count). The maximum Gasteiger partial charge on any atom is 0.286 e. The zero-order valence-electron chi connectivity index (χ0n) is 17.5. The Hall–Kier alpha value is -3.33. The van der Waals surface area contributed by atoms with Crippen molar-refractivity contribution in [2.75, 3.05) is 18.4 Å². The number of carbonyl (C=O) groups is 2. The molecule has 2 atom stereocenters. The molecule has 2 amide bonds. The Bertz CT molecular complexity index is 1090. The maximum atomic E-state index is 13.3. The van der Waals surface area contributed by atoms with Gasteiger partial charge in [-0.1, -0.05) is 35.6 Å². The van der Waals surface area contributed by atoms with Gasteiger partial charge in [0.2, 0.25) is 5.01 Å². The number of aromatic nitrogens is 2. The molecule has 7 nitrogen and oxygen atoms in total. The van der Waals surface area contributed by atoms with E-state index >= 15 is 0 Å². The van der Waals surface area contributed by atoms with Crippen LogP contribution in [0.5, 0.6) is 5.75 Å². The highest BCUT2D eigenvalue weighted by atomic mass is 32.1. The number of hydrogen-bond donors (Lipinski definition) is 1. The Labute approximate surface area is 189 Å². The molecule has 0 unspecified atom stereocenters. The molecule has 0 saturated carbocycles. The highest BCUT2D eigenvalue weighted by Gasteiger charge is 2.30. The van der Waals surface area contributed by atoms with Crippen LogP contribution in [0.25, 0.3) is 0 Å². The Morgan fingerprint density at radius 3 is 2.78 bits per heavy atom. The van der Waals surface area contributed by atoms with Crippen molar-refractivity contribution in [3.05, 3.63) is 70.4 Å². The van der Waals surface area contributed by atoms with Crippen molar-refractivity contribution in [1.82, 2.24) is 15.1 Å². The van der Waals surface area contributed by atoms with Crippen LogP contribution in [0.2, 0.25) is 0 Å². The van der Waals surface area contributed by atoms with E-state index in [1.165, 1.54) is 29.5 Å². The van der Waals surface area contributed by atoms with Crippen LogP contribution in [0.4, 0.5) is 10.1 Å². The summed E-state index contributed by atoms with van der Waals surface area (Å²) in [7, 11) is 0. The molecular formula is C23H23FN4O3S. The van der Waals surface area contributed by atoms with E-state index in [1.54, 1.807) is 17.9 Å². The smallest absolute Gasteiger partial charge is 0.286 e. The fourth-order valence-electron chi connectivity index (χ4n) is 3.63. The monoisotopic (exact) mass is 454 g/mol. The fraction of sp³-hybridized carbons (Fsp3) is 0.304. The lowest BCUT2D eigenvalue weighted by Gasteiger charge is -2.33. The van der Waals surface area contributed by atoms with E-state index < -0.39 is 17.8 Å². The summed E-state index contributed by atoms with van der Waals surface area (Å²) in [5.41, 5.74) is 0.355. The van der Waals surface area contributed by atoms with Gasteiger partial charge < -0.3 is 15.0 Å². The fourth-order valence-corrected chi connectivity index (χ4v) is 4.50. The van der Waals surface area contributed by atoms with Gasteiger partial charge in [0, 0.05) is 24.7 Å². The first-order valence-corrected chi connectivity index (χ1v) is 11.2. The molecular weight excluding hydrogens is 431 g/mol. The zero-order valence-corrected chi connectivity index (χ0v) is 18.3. The predicted octanol–water partition coefficient (Wildman–Crippen LogP) is 4.10. The number of nitrogens with zero attached hydrogens (tertiary/aromatic N) is 3. The van der Waals surface area contributed by atoms with Gasteiger partial charge in [-0.05, 0) is 50.1 Å². The predicted molar refractivity (Wildman–Crippen MR) is 119 cm³/mol. The van der Waals surface area contributed by atoms with Gasteiger partial charge in [-0.3, -0.25) is 9.59 Å². The highest BCUT2D eigenvalue weighted by Crippen LogP contribution is 2.30. The van der Waals surface area contributed by atoms with Gasteiger partial charge in [-0.25, -0.2) is 4.39 Å². The minimum Gasteiger partial charge on any atom is -0.481 e. The van der Waals surface area contributed by atoms with Crippen molar-refractivity contribution in [3.63, 3.8) is 0 Å². The van der Waals surface area contributed by atoms with Gasteiger partial charge in [0.15, 0.2) is 6.10 Å². The summed E-state index contributed by atoms with van der Waals surface area (Å²) in [4.78, 5) is 27.1. The number of anilines is 1. The van der Waals surface area contributed by atoms with Gasteiger partial charge in [0.25, 0.3) is 11.8 Å². The second-order valence-corrected chi connectivity index (χ2v) is 8.62. The Morgan fingerprint density at radius 1 is 1.19 bits per heavy atom. The van der Waals surface area contributed by atoms with Crippen LogP contribution < -0.4 is 10.1 Å². The van der Waals surface area contributed by atoms with Crippen molar-refractivity contribution in [2.24, 2.45) is 0 Å². The van der Waals surface area contributed by atoms with Crippen LogP contribution in [0.15, 0.2) is 54.6 Å².